The van der Waals surface area contributed by atoms with Crippen LogP contribution in [0.2, 0.25) is 5.02 Å². The van der Waals surface area contributed by atoms with E-state index in [2.05, 4.69) is 10.6 Å². The number of rotatable bonds is 4. The van der Waals surface area contributed by atoms with Gasteiger partial charge in [0.05, 0.1) is 16.3 Å². The Morgan fingerprint density at radius 1 is 0.923 bits per heavy atom. The van der Waals surface area contributed by atoms with Crippen molar-refractivity contribution in [2.45, 2.75) is 20.0 Å². The van der Waals surface area contributed by atoms with Gasteiger partial charge in [-0.1, -0.05) is 29.8 Å². The molecule has 0 heterocycles. The molecule has 0 saturated carbocycles. The minimum Gasteiger partial charge on any atom is -0.325 e. The summed E-state index contributed by atoms with van der Waals surface area (Å²) in [6.07, 6.45) is -4.58. The van der Waals surface area contributed by atoms with Crippen molar-refractivity contribution in [3.05, 3.63) is 59.1 Å². The van der Waals surface area contributed by atoms with E-state index in [1.54, 1.807) is 30.3 Å². The Bertz CT molecular complexity index is 821. The zero-order valence-electron chi connectivity index (χ0n) is 13.9. The third kappa shape index (κ3) is 4.54. The Morgan fingerprint density at radius 2 is 1.50 bits per heavy atom. The van der Waals surface area contributed by atoms with Crippen LogP contribution < -0.4 is 10.6 Å². The molecule has 0 bridgehead atoms. The van der Waals surface area contributed by atoms with Gasteiger partial charge in [-0.15, -0.1) is 0 Å². The molecule has 2 aromatic rings. The van der Waals surface area contributed by atoms with E-state index in [0.717, 1.165) is 18.2 Å². The quantitative estimate of drug-likeness (QED) is 0.732. The maximum absolute atomic E-state index is 12.8. The molecule has 0 radical (unpaired) electrons. The van der Waals surface area contributed by atoms with Gasteiger partial charge < -0.3 is 10.6 Å². The van der Waals surface area contributed by atoms with Crippen LogP contribution in [0.15, 0.2) is 48.5 Å². The van der Waals surface area contributed by atoms with E-state index in [9.17, 15) is 22.8 Å². The number of carbonyl (C=O) groups excluding carboxylic acids is 2. The van der Waals surface area contributed by atoms with Crippen molar-refractivity contribution in [3.8, 4) is 0 Å². The van der Waals surface area contributed by atoms with Gasteiger partial charge in [0, 0.05) is 5.69 Å². The molecule has 0 aliphatic carbocycles. The van der Waals surface area contributed by atoms with Crippen molar-refractivity contribution >= 4 is 34.8 Å². The lowest BCUT2D eigenvalue weighted by atomic mass is 9.90. The van der Waals surface area contributed by atoms with Crippen LogP contribution in [0.5, 0.6) is 0 Å². The number of para-hydroxylation sites is 1. The molecule has 2 N–H and O–H groups in total. The highest BCUT2D eigenvalue weighted by atomic mass is 35.5. The minimum atomic E-state index is -4.58. The van der Waals surface area contributed by atoms with E-state index in [0.29, 0.717) is 5.69 Å². The molecule has 138 valence electrons. The number of nitrogens with one attached hydrogen (secondary N) is 2. The molecule has 0 fully saturated rings. The standard InChI is InChI=1S/C18H16ClF3N2O2/c1-17(2,15(25)23-12-6-4-3-5-7-12)16(26)24-14-10-11(18(20,21)22)8-9-13(14)19/h3-10H,1-2H3,(H,23,25)(H,24,26). The second-order valence-electron chi connectivity index (χ2n) is 6.09. The summed E-state index contributed by atoms with van der Waals surface area (Å²) in [6, 6.07) is 11.1. The van der Waals surface area contributed by atoms with Crippen molar-refractivity contribution in [2.24, 2.45) is 5.41 Å². The van der Waals surface area contributed by atoms with Crippen LogP contribution in [0.25, 0.3) is 0 Å². The minimum absolute atomic E-state index is 0.0642. The van der Waals surface area contributed by atoms with Gasteiger partial charge in [0.2, 0.25) is 11.8 Å². The summed E-state index contributed by atoms with van der Waals surface area (Å²) in [5.74, 6) is -1.39. The Balaban J connectivity index is 2.19. The normalized spacial score (nSPS) is 11.8. The lowest BCUT2D eigenvalue weighted by molar-refractivity contribution is -0.138. The lowest BCUT2D eigenvalue weighted by Crippen LogP contribution is -2.41. The maximum Gasteiger partial charge on any atom is 0.416 e. The van der Waals surface area contributed by atoms with Gasteiger partial charge in [0.15, 0.2) is 0 Å². The number of hydrogen-bond donors (Lipinski definition) is 2. The van der Waals surface area contributed by atoms with E-state index < -0.39 is 29.0 Å². The van der Waals surface area contributed by atoms with Gasteiger partial charge in [0.1, 0.15) is 5.41 Å². The van der Waals surface area contributed by atoms with Gasteiger partial charge in [-0.05, 0) is 44.2 Å². The highest BCUT2D eigenvalue weighted by Gasteiger charge is 2.37. The molecular weight excluding hydrogens is 369 g/mol. The summed E-state index contributed by atoms with van der Waals surface area (Å²) in [4.78, 5) is 24.9. The first-order valence-electron chi connectivity index (χ1n) is 7.56. The van der Waals surface area contributed by atoms with Crippen LogP contribution in [0.4, 0.5) is 24.5 Å². The first kappa shape index (κ1) is 19.8. The fourth-order valence-corrected chi connectivity index (χ4v) is 2.15. The van der Waals surface area contributed by atoms with Crippen molar-refractivity contribution in [1.29, 1.82) is 0 Å². The number of benzene rings is 2. The topological polar surface area (TPSA) is 58.2 Å². The zero-order chi connectivity index (χ0) is 19.5. The highest BCUT2D eigenvalue weighted by Crippen LogP contribution is 2.34. The molecule has 0 aliphatic heterocycles. The molecule has 0 spiro atoms. The second-order valence-corrected chi connectivity index (χ2v) is 6.50. The Morgan fingerprint density at radius 3 is 2.08 bits per heavy atom. The van der Waals surface area contributed by atoms with Crippen molar-refractivity contribution in [3.63, 3.8) is 0 Å². The van der Waals surface area contributed by atoms with Gasteiger partial charge in [-0.3, -0.25) is 9.59 Å². The molecule has 2 aromatic carbocycles. The molecule has 26 heavy (non-hydrogen) atoms. The molecule has 0 aromatic heterocycles. The van der Waals surface area contributed by atoms with Crippen LogP contribution in [0.1, 0.15) is 19.4 Å². The fourth-order valence-electron chi connectivity index (χ4n) is 1.99. The average Bonchev–Trinajstić information content (AvgIpc) is 2.56. The third-order valence-corrected chi connectivity index (χ3v) is 4.04. The summed E-state index contributed by atoms with van der Waals surface area (Å²) in [5.41, 5.74) is -2.22. The molecule has 0 aliphatic rings. The molecule has 2 amide bonds. The maximum atomic E-state index is 12.8. The van der Waals surface area contributed by atoms with Crippen LogP contribution in [0.3, 0.4) is 0 Å². The van der Waals surface area contributed by atoms with Crippen molar-refractivity contribution in [2.75, 3.05) is 10.6 Å². The lowest BCUT2D eigenvalue weighted by Gasteiger charge is -2.23. The van der Waals surface area contributed by atoms with E-state index in [-0.39, 0.29) is 10.7 Å². The van der Waals surface area contributed by atoms with Crippen LogP contribution in [0, 0.1) is 5.41 Å². The van der Waals surface area contributed by atoms with E-state index in [1.165, 1.54) is 13.8 Å². The Labute approximate surface area is 153 Å². The van der Waals surface area contributed by atoms with Crippen LogP contribution in [-0.2, 0) is 15.8 Å². The molecule has 2 rings (SSSR count). The number of alkyl halides is 3. The monoisotopic (exact) mass is 384 g/mol. The predicted molar refractivity (Wildman–Crippen MR) is 93.9 cm³/mol. The molecule has 4 nitrogen and oxygen atoms in total. The zero-order valence-corrected chi connectivity index (χ0v) is 14.7. The first-order chi connectivity index (χ1) is 12.0. The molecule has 0 saturated heterocycles. The summed E-state index contributed by atoms with van der Waals surface area (Å²) >= 11 is 5.87. The SMILES string of the molecule is CC(C)(C(=O)Nc1ccccc1)C(=O)Nc1cc(C(F)(F)F)ccc1Cl. The largest absolute Gasteiger partial charge is 0.416 e. The molecule has 8 heteroatoms. The number of amides is 2. The van der Waals surface area contributed by atoms with Gasteiger partial charge in [0.25, 0.3) is 0 Å². The number of hydrogen-bond acceptors (Lipinski definition) is 2. The van der Waals surface area contributed by atoms with Crippen LogP contribution >= 0.6 is 11.6 Å². The predicted octanol–water partition coefficient (Wildman–Crippen LogP) is 4.96. The number of anilines is 2. The van der Waals surface area contributed by atoms with Crippen molar-refractivity contribution in [1.82, 2.24) is 0 Å². The second kappa shape index (κ2) is 7.37. The summed E-state index contributed by atoms with van der Waals surface area (Å²) in [5, 5.41) is 4.82. The van der Waals surface area contributed by atoms with E-state index in [1.807, 2.05) is 0 Å². The van der Waals surface area contributed by atoms with Gasteiger partial charge in [-0.2, -0.15) is 13.2 Å². The summed E-state index contributed by atoms with van der Waals surface area (Å²) in [7, 11) is 0. The van der Waals surface area contributed by atoms with Gasteiger partial charge in [-0.25, -0.2) is 0 Å². The molecule has 0 atom stereocenters. The molecular formula is C18H16ClF3N2O2. The fraction of sp³-hybridized carbons (Fsp3) is 0.222. The van der Waals surface area contributed by atoms with E-state index >= 15 is 0 Å². The Hall–Kier alpha value is -2.54. The third-order valence-electron chi connectivity index (χ3n) is 3.71. The number of halogens is 4. The van der Waals surface area contributed by atoms with Crippen LogP contribution in [-0.4, -0.2) is 11.8 Å². The number of carbonyl (C=O) groups is 2. The Kier molecular flexibility index (Phi) is 5.61. The molecule has 0 unspecified atom stereocenters. The van der Waals surface area contributed by atoms with E-state index in [4.69, 9.17) is 11.6 Å². The smallest absolute Gasteiger partial charge is 0.325 e. The summed E-state index contributed by atoms with van der Waals surface area (Å²) in [6.45, 7) is 2.73. The van der Waals surface area contributed by atoms with Gasteiger partial charge >= 0.3 is 6.18 Å². The van der Waals surface area contributed by atoms with Crippen molar-refractivity contribution < 1.29 is 22.8 Å². The first-order valence-corrected chi connectivity index (χ1v) is 7.94. The average molecular weight is 385 g/mol. The summed E-state index contributed by atoms with van der Waals surface area (Å²) < 4.78 is 38.5. The highest BCUT2D eigenvalue weighted by molar-refractivity contribution is 6.34.